The number of rotatable bonds is 4. The van der Waals surface area contributed by atoms with Gasteiger partial charge in [0, 0.05) is 10.7 Å². The summed E-state index contributed by atoms with van der Waals surface area (Å²) >= 11 is 5.85. The lowest BCUT2D eigenvalue weighted by Crippen LogP contribution is -2.30. The molecule has 0 radical (unpaired) electrons. The Labute approximate surface area is 134 Å². The van der Waals surface area contributed by atoms with Crippen LogP contribution in [0.3, 0.4) is 0 Å². The molecule has 1 amide bonds. The number of hydrogen-bond donors (Lipinski definition) is 1. The maximum Gasteiger partial charge on any atom is 0.339 e. The van der Waals surface area contributed by atoms with Crippen molar-refractivity contribution < 1.29 is 14.3 Å². The lowest BCUT2D eigenvalue weighted by Gasteiger charge is -2.14. The minimum absolute atomic E-state index is 0.413. The van der Waals surface area contributed by atoms with Gasteiger partial charge in [-0.2, -0.15) is 0 Å². The Morgan fingerprint density at radius 3 is 2.55 bits per heavy atom. The minimum atomic E-state index is -0.911. The average molecular weight is 318 g/mol. The van der Waals surface area contributed by atoms with Gasteiger partial charge in [-0.15, -0.1) is 0 Å². The van der Waals surface area contributed by atoms with E-state index in [2.05, 4.69) is 5.32 Å². The highest BCUT2D eigenvalue weighted by Gasteiger charge is 2.19. The molecule has 0 aromatic heterocycles. The lowest BCUT2D eigenvalue weighted by atomic mass is 10.1. The van der Waals surface area contributed by atoms with E-state index in [0.717, 1.165) is 5.56 Å². The van der Waals surface area contributed by atoms with Crippen LogP contribution in [0.4, 0.5) is 5.69 Å². The van der Waals surface area contributed by atoms with Gasteiger partial charge in [-0.1, -0.05) is 35.9 Å². The van der Waals surface area contributed by atoms with Crippen LogP contribution >= 0.6 is 11.6 Å². The number of halogens is 1. The summed E-state index contributed by atoms with van der Waals surface area (Å²) in [5.74, 6) is -0.934. The zero-order chi connectivity index (χ0) is 16.1. The van der Waals surface area contributed by atoms with Crippen molar-refractivity contribution in [2.24, 2.45) is 0 Å². The number of amides is 1. The van der Waals surface area contributed by atoms with Crippen molar-refractivity contribution in [3.63, 3.8) is 0 Å². The predicted molar refractivity (Wildman–Crippen MR) is 86.1 cm³/mol. The largest absolute Gasteiger partial charge is 0.449 e. The van der Waals surface area contributed by atoms with Crippen molar-refractivity contribution in [3.8, 4) is 0 Å². The van der Waals surface area contributed by atoms with E-state index in [9.17, 15) is 9.59 Å². The Morgan fingerprint density at radius 1 is 1.14 bits per heavy atom. The van der Waals surface area contributed by atoms with E-state index in [0.29, 0.717) is 16.3 Å². The number of benzene rings is 2. The first-order valence-electron chi connectivity index (χ1n) is 6.80. The van der Waals surface area contributed by atoms with Crippen molar-refractivity contribution >= 4 is 29.2 Å². The summed E-state index contributed by atoms with van der Waals surface area (Å²) in [6.07, 6.45) is -0.911. The van der Waals surface area contributed by atoms with E-state index in [1.54, 1.807) is 36.4 Å². The molecule has 5 heteroatoms. The van der Waals surface area contributed by atoms with Gasteiger partial charge >= 0.3 is 5.97 Å². The van der Waals surface area contributed by atoms with Crippen LogP contribution in [0.1, 0.15) is 22.8 Å². The summed E-state index contributed by atoms with van der Waals surface area (Å²) in [7, 11) is 0. The Balaban J connectivity index is 1.99. The molecule has 0 saturated carbocycles. The molecule has 0 fully saturated rings. The summed E-state index contributed by atoms with van der Waals surface area (Å²) in [4.78, 5) is 24.1. The van der Waals surface area contributed by atoms with Crippen molar-refractivity contribution in [2.75, 3.05) is 5.32 Å². The van der Waals surface area contributed by atoms with Crippen LogP contribution in [0.2, 0.25) is 5.02 Å². The van der Waals surface area contributed by atoms with Crippen LogP contribution in [0.25, 0.3) is 0 Å². The summed E-state index contributed by atoms with van der Waals surface area (Å²) in [6, 6.07) is 13.8. The molecular formula is C17H16ClNO3. The van der Waals surface area contributed by atoms with Crippen LogP contribution in [-0.2, 0) is 9.53 Å². The molecule has 0 heterocycles. The van der Waals surface area contributed by atoms with Crippen LogP contribution < -0.4 is 5.32 Å². The van der Waals surface area contributed by atoms with Gasteiger partial charge in [0.1, 0.15) is 0 Å². The van der Waals surface area contributed by atoms with Gasteiger partial charge in [0.05, 0.1) is 5.56 Å². The van der Waals surface area contributed by atoms with Crippen LogP contribution in [0, 0.1) is 6.92 Å². The van der Waals surface area contributed by atoms with Crippen molar-refractivity contribution in [3.05, 3.63) is 64.7 Å². The number of aryl methyl sites for hydroxylation is 1. The molecule has 0 bridgehead atoms. The Kier molecular flexibility index (Phi) is 5.17. The maximum atomic E-state index is 12.1. The SMILES string of the molecule is Cc1ccccc1C(=O)O[C@H](C)C(=O)Nc1cccc(Cl)c1. The second kappa shape index (κ2) is 7.09. The van der Waals surface area contributed by atoms with Gasteiger partial charge in [-0.3, -0.25) is 4.79 Å². The smallest absolute Gasteiger partial charge is 0.339 e. The average Bonchev–Trinajstić information content (AvgIpc) is 2.47. The summed E-state index contributed by atoms with van der Waals surface area (Å²) < 4.78 is 5.20. The molecule has 0 aliphatic rings. The van der Waals surface area contributed by atoms with Gasteiger partial charge in [0.15, 0.2) is 6.10 Å². The zero-order valence-corrected chi connectivity index (χ0v) is 13.1. The predicted octanol–water partition coefficient (Wildman–Crippen LogP) is 3.83. The molecule has 0 aliphatic carbocycles. The topological polar surface area (TPSA) is 55.4 Å². The summed E-state index contributed by atoms with van der Waals surface area (Å²) in [5, 5.41) is 3.17. The zero-order valence-electron chi connectivity index (χ0n) is 12.3. The molecule has 2 aromatic carbocycles. The molecular weight excluding hydrogens is 302 g/mol. The minimum Gasteiger partial charge on any atom is -0.449 e. The Hall–Kier alpha value is -2.33. The van der Waals surface area contributed by atoms with Crippen molar-refractivity contribution in [2.45, 2.75) is 20.0 Å². The quantitative estimate of drug-likeness (QED) is 0.872. The van der Waals surface area contributed by atoms with Gasteiger partial charge in [-0.25, -0.2) is 4.79 Å². The van der Waals surface area contributed by atoms with Crippen molar-refractivity contribution in [1.29, 1.82) is 0 Å². The summed E-state index contributed by atoms with van der Waals surface area (Å²) in [6.45, 7) is 3.34. The van der Waals surface area contributed by atoms with E-state index in [1.165, 1.54) is 6.92 Å². The standard InChI is InChI=1S/C17H16ClNO3/c1-11-6-3-4-9-15(11)17(21)22-12(2)16(20)19-14-8-5-7-13(18)10-14/h3-10,12H,1-2H3,(H,19,20)/t12-/m1/s1. The molecule has 1 N–H and O–H groups in total. The molecule has 114 valence electrons. The van der Waals surface area contributed by atoms with Crippen molar-refractivity contribution in [1.82, 2.24) is 0 Å². The second-order valence-corrected chi connectivity index (χ2v) is 5.30. The number of carbonyl (C=O) groups is 2. The number of anilines is 1. The molecule has 2 rings (SSSR count). The molecule has 1 atom stereocenters. The molecule has 2 aromatic rings. The van der Waals surface area contributed by atoms with E-state index in [4.69, 9.17) is 16.3 Å². The number of carbonyl (C=O) groups excluding carboxylic acids is 2. The van der Waals surface area contributed by atoms with Crippen LogP contribution in [0.15, 0.2) is 48.5 Å². The van der Waals surface area contributed by atoms with Gasteiger partial charge in [0.2, 0.25) is 0 Å². The number of esters is 1. The van der Waals surface area contributed by atoms with Gasteiger partial charge < -0.3 is 10.1 Å². The molecule has 0 unspecified atom stereocenters. The highest BCUT2D eigenvalue weighted by Crippen LogP contribution is 2.16. The van der Waals surface area contributed by atoms with E-state index >= 15 is 0 Å². The second-order valence-electron chi connectivity index (χ2n) is 4.86. The van der Waals surface area contributed by atoms with Crippen LogP contribution in [-0.4, -0.2) is 18.0 Å². The van der Waals surface area contributed by atoms with E-state index in [1.807, 2.05) is 19.1 Å². The fourth-order valence-electron chi connectivity index (χ4n) is 1.89. The molecule has 0 spiro atoms. The number of hydrogen-bond acceptors (Lipinski definition) is 3. The van der Waals surface area contributed by atoms with Gasteiger partial charge in [0.25, 0.3) is 5.91 Å². The highest BCUT2D eigenvalue weighted by molar-refractivity contribution is 6.30. The van der Waals surface area contributed by atoms with Crippen LogP contribution in [0.5, 0.6) is 0 Å². The Bertz CT molecular complexity index is 700. The Morgan fingerprint density at radius 2 is 1.86 bits per heavy atom. The van der Waals surface area contributed by atoms with E-state index < -0.39 is 18.0 Å². The number of ether oxygens (including phenoxy) is 1. The highest BCUT2D eigenvalue weighted by atomic mass is 35.5. The fraction of sp³-hybridized carbons (Fsp3) is 0.176. The van der Waals surface area contributed by atoms with E-state index in [-0.39, 0.29) is 0 Å². The molecule has 0 aliphatic heterocycles. The lowest BCUT2D eigenvalue weighted by molar-refractivity contribution is -0.123. The number of nitrogens with one attached hydrogen (secondary N) is 1. The molecule has 22 heavy (non-hydrogen) atoms. The normalized spacial score (nSPS) is 11.6. The third-order valence-electron chi connectivity index (χ3n) is 3.11. The third-order valence-corrected chi connectivity index (χ3v) is 3.35. The van der Waals surface area contributed by atoms with Gasteiger partial charge in [-0.05, 0) is 43.7 Å². The third kappa shape index (κ3) is 4.09. The monoisotopic (exact) mass is 317 g/mol. The molecule has 0 saturated heterocycles. The summed E-state index contributed by atoms with van der Waals surface area (Å²) in [5.41, 5.74) is 1.80. The first-order valence-corrected chi connectivity index (χ1v) is 7.18. The maximum absolute atomic E-state index is 12.1. The fourth-order valence-corrected chi connectivity index (χ4v) is 2.08. The molecule has 4 nitrogen and oxygen atoms in total. The first-order chi connectivity index (χ1) is 10.5. The first kappa shape index (κ1) is 16.0.